The second-order valence-corrected chi connectivity index (χ2v) is 6.30. The van der Waals surface area contributed by atoms with E-state index in [1.807, 2.05) is 24.0 Å². The Kier molecular flexibility index (Phi) is 6.35. The number of likely N-dealkylation sites (tertiary alicyclic amines) is 1. The van der Waals surface area contributed by atoms with Crippen molar-refractivity contribution in [2.24, 2.45) is 0 Å². The van der Waals surface area contributed by atoms with E-state index in [0.29, 0.717) is 23.3 Å². The predicted octanol–water partition coefficient (Wildman–Crippen LogP) is 3.61. The average molecular weight is 335 g/mol. The van der Waals surface area contributed by atoms with E-state index >= 15 is 0 Å². The van der Waals surface area contributed by atoms with Crippen LogP contribution in [0.1, 0.15) is 51.0 Å². The number of carbonyl (C=O) groups is 1. The number of nitrogens with zero attached hydrogens (tertiary/aromatic N) is 1. The summed E-state index contributed by atoms with van der Waals surface area (Å²) in [5, 5.41) is 0. The van der Waals surface area contributed by atoms with Crippen molar-refractivity contribution in [3.63, 3.8) is 0 Å². The van der Waals surface area contributed by atoms with Gasteiger partial charge in [-0.25, -0.2) is 0 Å². The zero-order chi connectivity index (χ0) is 17.7. The highest BCUT2D eigenvalue weighted by molar-refractivity contribution is 5.84. The summed E-state index contributed by atoms with van der Waals surface area (Å²) in [6, 6.07) is 4.09. The van der Waals surface area contributed by atoms with E-state index in [2.05, 4.69) is 6.92 Å². The van der Waals surface area contributed by atoms with Crippen molar-refractivity contribution in [1.82, 2.24) is 4.90 Å². The Bertz CT molecular complexity index is 547. The van der Waals surface area contributed by atoms with Crippen molar-refractivity contribution in [2.75, 3.05) is 27.9 Å². The number of piperidine rings is 1. The Labute approximate surface area is 144 Å². The van der Waals surface area contributed by atoms with Crippen molar-refractivity contribution < 1.29 is 19.0 Å². The van der Waals surface area contributed by atoms with Crippen LogP contribution < -0.4 is 14.2 Å². The normalized spacial score (nSPS) is 18.9. The molecule has 0 aliphatic carbocycles. The van der Waals surface area contributed by atoms with Gasteiger partial charge in [0.25, 0.3) is 0 Å². The second-order valence-electron chi connectivity index (χ2n) is 6.30. The smallest absolute Gasteiger partial charge is 0.230 e. The van der Waals surface area contributed by atoms with Crippen molar-refractivity contribution in [2.45, 2.75) is 51.5 Å². The minimum atomic E-state index is -0.195. The number of benzene rings is 1. The molecule has 1 aromatic carbocycles. The first-order valence-corrected chi connectivity index (χ1v) is 8.67. The first kappa shape index (κ1) is 18.4. The zero-order valence-electron chi connectivity index (χ0n) is 15.4. The van der Waals surface area contributed by atoms with Crippen LogP contribution in [0.2, 0.25) is 0 Å². The van der Waals surface area contributed by atoms with Gasteiger partial charge in [0.15, 0.2) is 11.5 Å². The molecule has 2 atom stereocenters. The van der Waals surface area contributed by atoms with E-state index in [1.54, 1.807) is 21.3 Å². The lowest BCUT2D eigenvalue weighted by Crippen LogP contribution is -2.44. The van der Waals surface area contributed by atoms with Crippen molar-refractivity contribution >= 4 is 5.91 Å². The van der Waals surface area contributed by atoms with E-state index in [4.69, 9.17) is 14.2 Å². The van der Waals surface area contributed by atoms with Crippen molar-refractivity contribution in [3.05, 3.63) is 17.7 Å². The first-order valence-electron chi connectivity index (χ1n) is 8.67. The maximum absolute atomic E-state index is 13.1. The number of amides is 1. The van der Waals surface area contributed by atoms with Gasteiger partial charge in [-0.1, -0.05) is 6.92 Å². The van der Waals surface area contributed by atoms with Gasteiger partial charge >= 0.3 is 0 Å². The molecule has 1 amide bonds. The Morgan fingerprint density at radius 3 is 2.25 bits per heavy atom. The van der Waals surface area contributed by atoms with Crippen LogP contribution in [0, 0.1) is 0 Å². The molecule has 1 heterocycles. The van der Waals surface area contributed by atoms with Crippen LogP contribution in [-0.4, -0.2) is 44.7 Å². The summed E-state index contributed by atoms with van der Waals surface area (Å²) in [7, 11) is 4.77. The molecule has 1 fully saturated rings. The molecule has 24 heavy (non-hydrogen) atoms. The molecular formula is C19H29NO4. The maximum atomic E-state index is 13.1. The van der Waals surface area contributed by atoms with Crippen molar-refractivity contribution in [1.29, 1.82) is 0 Å². The van der Waals surface area contributed by atoms with Gasteiger partial charge in [-0.05, 0) is 50.3 Å². The lowest BCUT2D eigenvalue weighted by Gasteiger charge is -2.36. The number of ether oxygens (including phenoxy) is 3. The summed E-state index contributed by atoms with van der Waals surface area (Å²) in [6.07, 6.45) is 4.10. The van der Waals surface area contributed by atoms with Crippen LogP contribution >= 0.6 is 0 Å². The lowest BCUT2D eigenvalue weighted by molar-refractivity contribution is -0.136. The van der Waals surface area contributed by atoms with E-state index in [-0.39, 0.29) is 11.8 Å². The van der Waals surface area contributed by atoms with Gasteiger partial charge in [0.1, 0.15) is 0 Å². The molecule has 1 aliphatic rings. The molecule has 0 spiro atoms. The van der Waals surface area contributed by atoms with Gasteiger partial charge in [0, 0.05) is 12.6 Å². The molecule has 1 aliphatic heterocycles. The predicted molar refractivity (Wildman–Crippen MR) is 94.2 cm³/mol. The average Bonchev–Trinajstić information content (AvgIpc) is 2.61. The quantitative estimate of drug-likeness (QED) is 0.797. The van der Waals surface area contributed by atoms with Gasteiger partial charge in [-0.15, -0.1) is 0 Å². The molecule has 1 saturated heterocycles. The largest absolute Gasteiger partial charge is 0.493 e. The van der Waals surface area contributed by atoms with Crippen LogP contribution in [0.15, 0.2) is 12.1 Å². The minimum Gasteiger partial charge on any atom is -0.493 e. The topological polar surface area (TPSA) is 48.0 Å². The third-order valence-corrected chi connectivity index (χ3v) is 4.88. The molecule has 1 aromatic rings. The highest BCUT2D eigenvalue weighted by Gasteiger charge is 2.30. The van der Waals surface area contributed by atoms with Gasteiger partial charge in [-0.2, -0.15) is 0 Å². The minimum absolute atomic E-state index is 0.193. The molecule has 1 unspecified atom stereocenters. The van der Waals surface area contributed by atoms with Crippen LogP contribution in [0.4, 0.5) is 0 Å². The van der Waals surface area contributed by atoms with E-state index in [0.717, 1.165) is 31.4 Å². The molecule has 2 rings (SSSR count). The summed E-state index contributed by atoms with van der Waals surface area (Å²) in [6.45, 7) is 5.03. The fourth-order valence-electron chi connectivity index (χ4n) is 3.48. The monoisotopic (exact) mass is 335 g/mol. The molecule has 0 bridgehead atoms. The van der Waals surface area contributed by atoms with Crippen LogP contribution in [0.3, 0.4) is 0 Å². The van der Waals surface area contributed by atoms with Crippen molar-refractivity contribution in [3.8, 4) is 17.2 Å². The third-order valence-electron chi connectivity index (χ3n) is 4.88. The SMILES string of the molecule is CC[C@H](C(=O)N1CCCCC1C)c1cc(OC)c(OC)c(OC)c1. The fourth-order valence-corrected chi connectivity index (χ4v) is 3.48. The van der Waals surface area contributed by atoms with Gasteiger partial charge in [-0.3, -0.25) is 4.79 Å². The summed E-state index contributed by atoms with van der Waals surface area (Å²) >= 11 is 0. The van der Waals surface area contributed by atoms with Gasteiger partial charge in [0.2, 0.25) is 11.7 Å². The standard InChI is InChI=1S/C19H29NO4/c1-6-15(19(21)20-10-8-7-9-13(20)2)14-11-16(22-3)18(24-5)17(12-14)23-4/h11-13,15H,6-10H2,1-5H3/t13?,15-/m0/s1. The van der Waals surface area contributed by atoms with Crippen LogP contribution in [-0.2, 0) is 4.79 Å². The summed E-state index contributed by atoms with van der Waals surface area (Å²) in [4.78, 5) is 15.1. The van der Waals surface area contributed by atoms with E-state index < -0.39 is 0 Å². The molecule has 0 radical (unpaired) electrons. The first-order chi connectivity index (χ1) is 11.6. The summed E-state index contributed by atoms with van der Waals surface area (Å²) in [5.74, 6) is 1.73. The number of hydrogen-bond donors (Lipinski definition) is 0. The third kappa shape index (κ3) is 3.60. The molecule has 0 saturated carbocycles. The number of carbonyl (C=O) groups excluding carboxylic acids is 1. The van der Waals surface area contributed by atoms with E-state index in [1.165, 1.54) is 6.42 Å². The number of rotatable bonds is 6. The molecular weight excluding hydrogens is 306 g/mol. The lowest BCUT2D eigenvalue weighted by atomic mass is 9.92. The fraction of sp³-hybridized carbons (Fsp3) is 0.632. The maximum Gasteiger partial charge on any atom is 0.230 e. The van der Waals surface area contributed by atoms with Crippen LogP contribution in [0.25, 0.3) is 0 Å². The Morgan fingerprint density at radius 1 is 1.17 bits per heavy atom. The Balaban J connectivity index is 2.37. The molecule has 0 aromatic heterocycles. The summed E-state index contributed by atoms with van der Waals surface area (Å²) < 4.78 is 16.2. The van der Waals surface area contributed by atoms with E-state index in [9.17, 15) is 4.79 Å². The molecule has 0 N–H and O–H groups in total. The molecule has 134 valence electrons. The second kappa shape index (κ2) is 8.27. The Hall–Kier alpha value is -1.91. The Morgan fingerprint density at radius 2 is 1.79 bits per heavy atom. The van der Waals surface area contributed by atoms with Gasteiger partial charge < -0.3 is 19.1 Å². The molecule has 5 heteroatoms. The molecule has 5 nitrogen and oxygen atoms in total. The summed E-state index contributed by atoms with van der Waals surface area (Å²) in [5.41, 5.74) is 0.912. The highest BCUT2D eigenvalue weighted by atomic mass is 16.5. The zero-order valence-corrected chi connectivity index (χ0v) is 15.4. The van der Waals surface area contributed by atoms with Gasteiger partial charge in [0.05, 0.1) is 27.2 Å². The highest BCUT2D eigenvalue weighted by Crippen LogP contribution is 2.41. The number of hydrogen-bond acceptors (Lipinski definition) is 4. The number of methoxy groups -OCH3 is 3. The van der Waals surface area contributed by atoms with Crippen LogP contribution in [0.5, 0.6) is 17.2 Å².